The first-order valence-electron chi connectivity index (χ1n) is 9.30. The SMILES string of the molecule is C.CC[C@@H]1CCN(C(=O)OC)C1.COc1ccccc1OC1CCCC1. The summed E-state index contributed by atoms with van der Waals surface area (Å²) in [4.78, 5) is 12.8. The lowest BCUT2D eigenvalue weighted by molar-refractivity contribution is 0.131. The lowest BCUT2D eigenvalue weighted by Crippen LogP contribution is -2.28. The van der Waals surface area contributed by atoms with Crippen molar-refractivity contribution >= 4 is 6.09 Å². The van der Waals surface area contributed by atoms with Crippen LogP contribution in [0.1, 0.15) is 52.9 Å². The van der Waals surface area contributed by atoms with Gasteiger partial charge in [-0.2, -0.15) is 0 Å². The van der Waals surface area contributed by atoms with Crippen molar-refractivity contribution in [2.75, 3.05) is 27.3 Å². The fourth-order valence-corrected chi connectivity index (χ4v) is 3.36. The number of rotatable bonds is 4. The zero-order valence-electron chi connectivity index (χ0n) is 15.7. The third-order valence-electron chi connectivity index (χ3n) is 4.96. The number of amides is 1. The number of para-hydroxylation sites is 2. The number of nitrogens with zero attached hydrogens (tertiary/aromatic N) is 1. The Morgan fingerprint density at radius 2 is 1.77 bits per heavy atom. The van der Waals surface area contributed by atoms with Crippen LogP contribution >= 0.6 is 0 Å². The van der Waals surface area contributed by atoms with E-state index in [0.717, 1.165) is 37.4 Å². The lowest BCUT2D eigenvalue weighted by Gasteiger charge is -2.15. The van der Waals surface area contributed by atoms with Crippen LogP contribution in [-0.2, 0) is 4.74 Å². The predicted molar refractivity (Wildman–Crippen MR) is 105 cm³/mol. The summed E-state index contributed by atoms with van der Waals surface area (Å²) >= 11 is 0. The molecule has 1 aliphatic carbocycles. The molecule has 148 valence electrons. The van der Waals surface area contributed by atoms with Crippen molar-refractivity contribution in [3.05, 3.63) is 24.3 Å². The summed E-state index contributed by atoms with van der Waals surface area (Å²) in [6, 6.07) is 7.84. The number of ether oxygens (including phenoxy) is 3. The van der Waals surface area contributed by atoms with E-state index in [1.165, 1.54) is 32.8 Å². The smallest absolute Gasteiger partial charge is 0.409 e. The summed E-state index contributed by atoms with van der Waals surface area (Å²) in [6.07, 6.45) is 7.45. The van der Waals surface area contributed by atoms with Gasteiger partial charge in [-0.15, -0.1) is 0 Å². The number of hydrogen-bond donors (Lipinski definition) is 0. The topological polar surface area (TPSA) is 48.0 Å². The quantitative estimate of drug-likeness (QED) is 0.741. The van der Waals surface area contributed by atoms with E-state index in [1.54, 1.807) is 12.0 Å². The van der Waals surface area contributed by atoms with Crippen LogP contribution in [0.2, 0.25) is 0 Å². The highest BCUT2D eigenvalue weighted by atomic mass is 16.5. The molecule has 5 nitrogen and oxygen atoms in total. The number of carbonyl (C=O) groups is 1. The van der Waals surface area contributed by atoms with Gasteiger partial charge < -0.3 is 19.1 Å². The molecule has 0 aromatic heterocycles. The fourth-order valence-electron chi connectivity index (χ4n) is 3.36. The molecule has 0 unspecified atom stereocenters. The van der Waals surface area contributed by atoms with Crippen molar-refractivity contribution in [2.24, 2.45) is 5.92 Å². The first-order valence-corrected chi connectivity index (χ1v) is 9.30. The molecule has 0 bridgehead atoms. The monoisotopic (exact) mass is 365 g/mol. The number of likely N-dealkylation sites (tertiary alicyclic amines) is 1. The van der Waals surface area contributed by atoms with Crippen LogP contribution in [0.25, 0.3) is 0 Å². The van der Waals surface area contributed by atoms with Crippen molar-refractivity contribution in [3.63, 3.8) is 0 Å². The Hall–Kier alpha value is -1.91. The van der Waals surface area contributed by atoms with Crippen molar-refractivity contribution in [2.45, 2.75) is 59.0 Å². The molecular weight excluding hydrogens is 330 g/mol. The van der Waals surface area contributed by atoms with Gasteiger partial charge in [0.2, 0.25) is 0 Å². The number of carbonyl (C=O) groups excluding carboxylic acids is 1. The van der Waals surface area contributed by atoms with Crippen LogP contribution < -0.4 is 9.47 Å². The maximum Gasteiger partial charge on any atom is 0.409 e. The van der Waals surface area contributed by atoms with Crippen LogP contribution in [0, 0.1) is 5.92 Å². The third-order valence-corrected chi connectivity index (χ3v) is 4.96. The summed E-state index contributed by atoms with van der Waals surface area (Å²) in [5.41, 5.74) is 0. The molecule has 1 atom stereocenters. The van der Waals surface area contributed by atoms with Crippen molar-refractivity contribution < 1.29 is 19.0 Å². The zero-order valence-corrected chi connectivity index (χ0v) is 15.7. The molecule has 5 heteroatoms. The highest BCUT2D eigenvalue weighted by Crippen LogP contribution is 2.30. The molecular formula is C21H35NO4. The van der Waals surface area contributed by atoms with Crippen LogP contribution in [0.3, 0.4) is 0 Å². The number of hydrogen-bond acceptors (Lipinski definition) is 4. The molecule has 3 rings (SSSR count). The van der Waals surface area contributed by atoms with E-state index >= 15 is 0 Å². The largest absolute Gasteiger partial charge is 0.493 e. The molecule has 2 fully saturated rings. The minimum absolute atomic E-state index is 0. The van der Waals surface area contributed by atoms with Crippen LogP contribution in [0.15, 0.2) is 24.3 Å². The van der Waals surface area contributed by atoms with Gasteiger partial charge in [0.05, 0.1) is 20.3 Å². The van der Waals surface area contributed by atoms with Crippen molar-refractivity contribution in [3.8, 4) is 11.5 Å². The molecule has 26 heavy (non-hydrogen) atoms. The van der Waals surface area contributed by atoms with Gasteiger partial charge in [0.25, 0.3) is 0 Å². The van der Waals surface area contributed by atoms with Gasteiger partial charge in [0, 0.05) is 13.1 Å². The number of benzene rings is 1. The summed E-state index contributed by atoms with van der Waals surface area (Å²) in [5.74, 6) is 2.40. The van der Waals surface area contributed by atoms with Crippen LogP contribution in [-0.4, -0.2) is 44.4 Å². The minimum Gasteiger partial charge on any atom is -0.493 e. The highest BCUT2D eigenvalue weighted by Gasteiger charge is 2.25. The Balaban J connectivity index is 0.000000258. The Morgan fingerprint density at radius 1 is 1.12 bits per heavy atom. The van der Waals surface area contributed by atoms with E-state index in [9.17, 15) is 4.79 Å². The Labute approximate surface area is 158 Å². The average molecular weight is 366 g/mol. The summed E-state index contributed by atoms with van der Waals surface area (Å²) in [7, 11) is 3.11. The molecule has 1 saturated heterocycles. The molecule has 1 aromatic carbocycles. The second-order valence-corrected chi connectivity index (χ2v) is 6.65. The Bertz CT molecular complexity index is 528. The fraction of sp³-hybridized carbons (Fsp3) is 0.667. The van der Waals surface area contributed by atoms with Crippen LogP contribution in [0.5, 0.6) is 11.5 Å². The molecule has 1 aliphatic heterocycles. The Kier molecular flexibility index (Phi) is 9.92. The molecule has 2 aliphatic rings. The minimum atomic E-state index is -0.180. The van der Waals surface area contributed by atoms with Gasteiger partial charge in [-0.1, -0.05) is 32.9 Å². The normalized spacial score (nSPS) is 19.2. The molecule has 1 aromatic rings. The first kappa shape index (κ1) is 22.1. The van der Waals surface area contributed by atoms with Gasteiger partial charge in [0.1, 0.15) is 0 Å². The summed E-state index contributed by atoms with van der Waals surface area (Å²) in [5, 5.41) is 0. The maximum atomic E-state index is 11.0. The second kappa shape index (κ2) is 11.7. The summed E-state index contributed by atoms with van der Waals surface area (Å²) < 4.78 is 15.7. The standard InChI is InChI=1S/C12H16O2.C8H15NO2.CH4/c1-13-11-8-4-5-9-12(11)14-10-6-2-3-7-10;1-3-7-4-5-9(6-7)8(10)11-2;/h4-5,8-10H,2-3,6-7H2,1H3;7H,3-6H2,1-2H3;1H4/t;7-;/m.1./s1. The zero-order chi connectivity index (χ0) is 18.1. The maximum absolute atomic E-state index is 11.0. The van der Waals surface area contributed by atoms with Gasteiger partial charge in [-0.3, -0.25) is 0 Å². The average Bonchev–Trinajstić information content (AvgIpc) is 3.33. The van der Waals surface area contributed by atoms with E-state index in [1.807, 2.05) is 24.3 Å². The van der Waals surface area contributed by atoms with Gasteiger partial charge in [0.15, 0.2) is 11.5 Å². The molecule has 0 N–H and O–H groups in total. The van der Waals surface area contributed by atoms with E-state index < -0.39 is 0 Å². The molecule has 0 spiro atoms. The lowest BCUT2D eigenvalue weighted by atomic mass is 10.1. The molecule has 1 amide bonds. The number of methoxy groups -OCH3 is 2. The molecule has 0 radical (unpaired) electrons. The molecule has 1 saturated carbocycles. The van der Waals surface area contributed by atoms with Gasteiger partial charge in [-0.05, 0) is 50.2 Å². The van der Waals surface area contributed by atoms with E-state index in [2.05, 4.69) is 11.7 Å². The van der Waals surface area contributed by atoms with Gasteiger partial charge in [-0.25, -0.2) is 4.79 Å². The van der Waals surface area contributed by atoms with Crippen molar-refractivity contribution in [1.29, 1.82) is 0 Å². The van der Waals surface area contributed by atoms with E-state index in [-0.39, 0.29) is 13.5 Å². The van der Waals surface area contributed by atoms with E-state index in [4.69, 9.17) is 9.47 Å². The second-order valence-electron chi connectivity index (χ2n) is 6.65. The molecule has 1 heterocycles. The van der Waals surface area contributed by atoms with E-state index in [0.29, 0.717) is 12.0 Å². The Morgan fingerprint density at radius 3 is 2.31 bits per heavy atom. The van der Waals surface area contributed by atoms with Crippen molar-refractivity contribution in [1.82, 2.24) is 4.90 Å². The third kappa shape index (κ3) is 6.43. The van der Waals surface area contributed by atoms with Crippen LogP contribution in [0.4, 0.5) is 4.79 Å². The first-order chi connectivity index (χ1) is 12.2. The predicted octanol–water partition coefficient (Wildman–Crippen LogP) is 5.14. The summed E-state index contributed by atoms with van der Waals surface area (Å²) in [6.45, 7) is 3.90. The highest BCUT2D eigenvalue weighted by molar-refractivity contribution is 5.67. The van der Waals surface area contributed by atoms with Gasteiger partial charge >= 0.3 is 6.09 Å².